The molecule has 0 amide bonds. The third kappa shape index (κ3) is 1.46. The van der Waals surface area contributed by atoms with Crippen molar-refractivity contribution in [3.05, 3.63) is 36.0 Å². The summed E-state index contributed by atoms with van der Waals surface area (Å²) in [4.78, 5) is 4.30. The molecule has 1 aromatic heterocycles. The Morgan fingerprint density at radius 3 is 2.80 bits per heavy atom. The zero-order chi connectivity index (χ0) is 10.3. The molecule has 1 saturated carbocycles. The lowest BCUT2D eigenvalue weighted by Crippen LogP contribution is -2.08. The maximum Gasteiger partial charge on any atom is 0.0703 e. The molecule has 2 N–H and O–H groups in total. The molecule has 0 spiro atoms. The minimum atomic E-state index is 0.744. The first kappa shape index (κ1) is 8.72. The molecule has 76 valence electrons. The van der Waals surface area contributed by atoms with Gasteiger partial charge in [0.1, 0.15) is 0 Å². The summed E-state index contributed by atoms with van der Waals surface area (Å²) in [6.07, 6.45) is 5.76. The molecule has 1 fully saturated rings. The van der Waals surface area contributed by atoms with Gasteiger partial charge < -0.3 is 5.73 Å². The molecular weight excluding hydrogens is 184 g/mol. The third-order valence-corrected chi connectivity index (χ3v) is 3.30. The number of hydrogen-bond donors (Lipinski definition) is 1. The number of rotatable bonds is 1. The molecule has 15 heavy (non-hydrogen) atoms. The van der Waals surface area contributed by atoms with Crippen LogP contribution in [0, 0.1) is 0 Å². The fourth-order valence-electron chi connectivity index (χ4n) is 2.16. The minimum Gasteiger partial charge on any atom is -0.397 e. The van der Waals surface area contributed by atoms with Gasteiger partial charge in [-0.05, 0) is 42.5 Å². The van der Waals surface area contributed by atoms with Gasteiger partial charge in [0.15, 0.2) is 0 Å². The van der Waals surface area contributed by atoms with Crippen molar-refractivity contribution in [2.75, 3.05) is 5.73 Å². The van der Waals surface area contributed by atoms with Crippen LogP contribution >= 0.6 is 0 Å². The highest BCUT2D eigenvalue weighted by molar-refractivity contribution is 5.82. The normalized spacial score (nSPS) is 16.5. The van der Waals surface area contributed by atoms with Crippen LogP contribution in [-0.2, 0) is 0 Å². The van der Waals surface area contributed by atoms with E-state index in [2.05, 4.69) is 23.2 Å². The highest BCUT2D eigenvalue weighted by Gasteiger charge is 2.19. The molecule has 0 aliphatic heterocycles. The van der Waals surface area contributed by atoms with E-state index in [4.69, 9.17) is 5.73 Å². The second-order valence-electron chi connectivity index (χ2n) is 4.35. The molecule has 2 heteroatoms. The fourth-order valence-corrected chi connectivity index (χ4v) is 2.16. The Morgan fingerprint density at radius 2 is 2.07 bits per heavy atom. The van der Waals surface area contributed by atoms with Gasteiger partial charge in [0, 0.05) is 5.39 Å². The summed E-state index contributed by atoms with van der Waals surface area (Å²) >= 11 is 0. The standard InChI is InChI=1S/C13H14N2/c14-12-7-11-6-10(9-2-1-3-9)4-5-13(11)15-8-12/h4-9H,1-3,14H2. The van der Waals surface area contributed by atoms with Gasteiger partial charge in [0.2, 0.25) is 0 Å². The van der Waals surface area contributed by atoms with E-state index < -0.39 is 0 Å². The van der Waals surface area contributed by atoms with Crippen molar-refractivity contribution in [1.82, 2.24) is 4.98 Å². The first-order valence-corrected chi connectivity index (χ1v) is 5.48. The Bertz CT molecular complexity index is 501. The van der Waals surface area contributed by atoms with E-state index >= 15 is 0 Å². The Labute approximate surface area is 89.1 Å². The number of aromatic nitrogens is 1. The van der Waals surface area contributed by atoms with Gasteiger partial charge in [-0.25, -0.2) is 0 Å². The van der Waals surface area contributed by atoms with Crippen molar-refractivity contribution in [2.45, 2.75) is 25.2 Å². The first-order valence-electron chi connectivity index (χ1n) is 5.48. The van der Waals surface area contributed by atoms with Crippen LogP contribution in [0.5, 0.6) is 0 Å². The molecule has 0 saturated heterocycles. The second-order valence-corrected chi connectivity index (χ2v) is 4.35. The van der Waals surface area contributed by atoms with Crippen LogP contribution in [0.1, 0.15) is 30.7 Å². The second kappa shape index (κ2) is 3.23. The SMILES string of the molecule is Nc1cnc2ccc(C3CCC3)cc2c1. The number of nitrogens with two attached hydrogens (primary N) is 1. The maximum absolute atomic E-state index is 5.73. The number of hydrogen-bond acceptors (Lipinski definition) is 2. The van der Waals surface area contributed by atoms with Crippen molar-refractivity contribution in [3.8, 4) is 0 Å². The summed E-state index contributed by atoms with van der Waals surface area (Å²) in [7, 11) is 0. The average molecular weight is 198 g/mol. The summed E-state index contributed by atoms with van der Waals surface area (Å²) < 4.78 is 0. The van der Waals surface area contributed by atoms with Gasteiger partial charge in [-0.1, -0.05) is 12.5 Å². The Balaban J connectivity index is 2.11. The van der Waals surface area contributed by atoms with Gasteiger partial charge >= 0.3 is 0 Å². The lowest BCUT2D eigenvalue weighted by molar-refractivity contribution is 0.420. The van der Waals surface area contributed by atoms with Crippen molar-refractivity contribution >= 4 is 16.6 Å². The third-order valence-electron chi connectivity index (χ3n) is 3.30. The Hall–Kier alpha value is -1.57. The highest BCUT2D eigenvalue weighted by atomic mass is 14.7. The first-order chi connectivity index (χ1) is 7.33. The van der Waals surface area contributed by atoms with E-state index in [0.717, 1.165) is 17.1 Å². The molecule has 0 unspecified atom stereocenters. The zero-order valence-corrected chi connectivity index (χ0v) is 8.61. The predicted octanol–water partition coefficient (Wildman–Crippen LogP) is 3.08. The van der Waals surface area contributed by atoms with Crippen molar-refractivity contribution < 1.29 is 0 Å². The molecule has 1 aliphatic rings. The smallest absolute Gasteiger partial charge is 0.0703 e. The summed E-state index contributed by atoms with van der Waals surface area (Å²) in [5.74, 6) is 0.774. The number of pyridine rings is 1. The number of anilines is 1. The van der Waals surface area contributed by atoms with E-state index in [9.17, 15) is 0 Å². The van der Waals surface area contributed by atoms with E-state index in [1.807, 2.05) is 6.07 Å². The number of nitrogens with zero attached hydrogens (tertiary/aromatic N) is 1. The van der Waals surface area contributed by atoms with Gasteiger partial charge in [-0.2, -0.15) is 0 Å². The Morgan fingerprint density at radius 1 is 1.20 bits per heavy atom. The molecule has 2 aromatic rings. The zero-order valence-electron chi connectivity index (χ0n) is 8.61. The van der Waals surface area contributed by atoms with Crippen LogP contribution < -0.4 is 5.73 Å². The number of benzene rings is 1. The van der Waals surface area contributed by atoms with Crippen LogP contribution in [0.3, 0.4) is 0 Å². The van der Waals surface area contributed by atoms with E-state index in [-0.39, 0.29) is 0 Å². The molecule has 1 heterocycles. The molecule has 2 nitrogen and oxygen atoms in total. The molecule has 0 atom stereocenters. The van der Waals surface area contributed by atoms with Crippen LogP contribution in [0.25, 0.3) is 10.9 Å². The van der Waals surface area contributed by atoms with Crippen LogP contribution in [-0.4, -0.2) is 4.98 Å². The van der Waals surface area contributed by atoms with Crippen LogP contribution in [0.2, 0.25) is 0 Å². The summed E-state index contributed by atoms with van der Waals surface area (Å²) in [6.45, 7) is 0. The van der Waals surface area contributed by atoms with E-state index in [0.29, 0.717) is 0 Å². The van der Waals surface area contributed by atoms with Crippen molar-refractivity contribution in [1.29, 1.82) is 0 Å². The molecular formula is C13H14N2. The van der Waals surface area contributed by atoms with E-state index in [1.54, 1.807) is 6.20 Å². The molecule has 0 bridgehead atoms. The van der Waals surface area contributed by atoms with Gasteiger partial charge in [0.25, 0.3) is 0 Å². The van der Waals surface area contributed by atoms with Gasteiger partial charge in [-0.15, -0.1) is 0 Å². The quantitative estimate of drug-likeness (QED) is 0.764. The maximum atomic E-state index is 5.73. The summed E-state index contributed by atoms with van der Waals surface area (Å²) in [5.41, 5.74) is 8.96. The van der Waals surface area contributed by atoms with Crippen LogP contribution in [0.15, 0.2) is 30.5 Å². The molecule has 1 aromatic carbocycles. The van der Waals surface area contributed by atoms with Crippen LogP contribution in [0.4, 0.5) is 5.69 Å². The minimum absolute atomic E-state index is 0.744. The number of nitrogen functional groups attached to an aromatic ring is 1. The van der Waals surface area contributed by atoms with Crippen molar-refractivity contribution in [3.63, 3.8) is 0 Å². The predicted molar refractivity (Wildman–Crippen MR) is 62.7 cm³/mol. The molecule has 3 rings (SSSR count). The van der Waals surface area contributed by atoms with Crippen molar-refractivity contribution in [2.24, 2.45) is 0 Å². The monoisotopic (exact) mass is 198 g/mol. The summed E-state index contributed by atoms with van der Waals surface area (Å²) in [6, 6.07) is 8.55. The fraction of sp³-hybridized carbons (Fsp3) is 0.308. The Kier molecular flexibility index (Phi) is 1.88. The summed E-state index contributed by atoms with van der Waals surface area (Å²) in [5, 5.41) is 1.17. The highest BCUT2D eigenvalue weighted by Crippen LogP contribution is 2.37. The van der Waals surface area contributed by atoms with Gasteiger partial charge in [-0.3, -0.25) is 4.98 Å². The molecule has 0 radical (unpaired) electrons. The largest absolute Gasteiger partial charge is 0.397 e. The van der Waals surface area contributed by atoms with Gasteiger partial charge in [0.05, 0.1) is 17.4 Å². The molecule has 1 aliphatic carbocycles. The lowest BCUT2D eigenvalue weighted by Gasteiger charge is -2.25. The lowest BCUT2D eigenvalue weighted by atomic mass is 9.80. The average Bonchev–Trinajstić information content (AvgIpc) is 2.14. The topological polar surface area (TPSA) is 38.9 Å². The number of fused-ring (bicyclic) bond motifs is 1. The van der Waals surface area contributed by atoms with E-state index in [1.165, 1.54) is 30.2 Å².